The molecule has 0 radical (unpaired) electrons. The van der Waals surface area contributed by atoms with E-state index < -0.39 is 5.97 Å². The summed E-state index contributed by atoms with van der Waals surface area (Å²) in [6, 6.07) is 2.13. The van der Waals surface area contributed by atoms with Crippen molar-refractivity contribution >= 4 is 17.8 Å². The zero-order valence-corrected chi connectivity index (χ0v) is 17.1. The van der Waals surface area contributed by atoms with Crippen LogP contribution in [0.5, 0.6) is 0 Å². The third kappa shape index (κ3) is 6.83. The molecule has 5 nitrogen and oxygen atoms in total. The van der Waals surface area contributed by atoms with Crippen LogP contribution in [0, 0.1) is 0 Å². The molecular weight excluding hydrogens is 338 g/mol. The van der Waals surface area contributed by atoms with Gasteiger partial charge in [0.2, 0.25) is 0 Å². The number of hydrogen-bond acceptors (Lipinski definition) is 3. The number of carboxylic acid groups (broad SMARTS) is 1. The van der Waals surface area contributed by atoms with Crippen molar-refractivity contribution in [1.29, 1.82) is 0 Å². The van der Waals surface area contributed by atoms with Crippen LogP contribution in [0.15, 0.2) is 28.4 Å². The van der Waals surface area contributed by atoms with Crippen molar-refractivity contribution in [3.63, 3.8) is 0 Å². The van der Waals surface area contributed by atoms with Crippen LogP contribution < -0.4 is 0 Å². The molecule has 1 aliphatic rings. The molecule has 0 bridgehead atoms. The van der Waals surface area contributed by atoms with Crippen molar-refractivity contribution < 1.29 is 9.90 Å². The highest BCUT2D eigenvalue weighted by Crippen LogP contribution is 2.27. The smallest absolute Gasteiger partial charge is 0.303 e. The van der Waals surface area contributed by atoms with E-state index in [0.717, 1.165) is 61.4 Å². The molecule has 5 heteroatoms. The van der Waals surface area contributed by atoms with Gasteiger partial charge in [0.05, 0.1) is 12.1 Å². The molecular formula is C22H33N3O2. The molecule has 0 saturated heterocycles. The van der Waals surface area contributed by atoms with Crippen molar-refractivity contribution in [3.05, 3.63) is 40.4 Å². The Morgan fingerprint density at radius 2 is 2.04 bits per heavy atom. The van der Waals surface area contributed by atoms with Crippen LogP contribution in [0.3, 0.4) is 0 Å². The molecule has 0 aromatic carbocycles. The molecule has 1 aromatic heterocycles. The van der Waals surface area contributed by atoms with E-state index in [9.17, 15) is 4.79 Å². The van der Waals surface area contributed by atoms with E-state index in [1.165, 1.54) is 11.1 Å². The number of nitrogens with zero attached hydrogens (tertiary/aromatic N) is 2. The van der Waals surface area contributed by atoms with Gasteiger partial charge in [0.1, 0.15) is 0 Å². The van der Waals surface area contributed by atoms with Crippen LogP contribution in [0.4, 0.5) is 0 Å². The second kappa shape index (κ2) is 10.3. The van der Waals surface area contributed by atoms with Crippen molar-refractivity contribution in [3.8, 4) is 0 Å². The number of allylic oxidation sites excluding steroid dienone is 2. The Hall–Kier alpha value is -2.14. The lowest BCUT2D eigenvalue weighted by molar-refractivity contribution is -0.136. The van der Waals surface area contributed by atoms with Crippen LogP contribution in [0.1, 0.15) is 62.9 Å². The largest absolute Gasteiger partial charge is 0.481 e. The third-order valence-electron chi connectivity index (χ3n) is 4.74. The quantitative estimate of drug-likeness (QED) is 0.603. The molecule has 1 aliphatic heterocycles. The minimum Gasteiger partial charge on any atom is -0.481 e. The fraction of sp³-hybridized carbons (Fsp3) is 0.545. The first-order valence-corrected chi connectivity index (χ1v) is 9.94. The summed E-state index contributed by atoms with van der Waals surface area (Å²) in [4.78, 5) is 21.3. The van der Waals surface area contributed by atoms with Gasteiger partial charge in [-0.15, -0.1) is 0 Å². The second-order valence-corrected chi connectivity index (χ2v) is 7.59. The molecule has 0 fully saturated rings. The number of H-pyrrole nitrogens is 1. The summed E-state index contributed by atoms with van der Waals surface area (Å²) in [6.45, 7) is 5.29. The Kier molecular flexibility index (Phi) is 8.04. The molecule has 0 amide bonds. The molecule has 148 valence electrons. The molecule has 0 unspecified atom stereocenters. The summed E-state index contributed by atoms with van der Waals surface area (Å²) >= 11 is 0. The SMILES string of the molecule is CCCCc1cc(CCC(=O)O)[nH]c1C=C1N=C(C)C=C1CCCN(C)C. The van der Waals surface area contributed by atoms with Crippen LogP contribution >= 0.6 is 0 Å². The number of rotatable bonds is 11. The van der Waals surface area contributed by atoms with E-state index in [1.54, 1.807) is 0 Å². The Morgan fingerprint density at radius 3 is 2.70 bits per heavy atom. The lowest BCUT2D eigenvalue weighted by Gasteiger charge is -2.10. The lowest BCUT2D eigenvalue weighted by atomic mass is 10.0. The third-order valence-corrected chi connectivity index (χ3v) is 4.74. The zero-order chi connectivity index (χ0) is 19.8. The standard InChI is InChI=1S/C22H33N3O2/c1-5-6-8-18-14-19(10-11-22(26)27)24-21(18)15-20-17(13-16(2)23-20)9-7-12-25(3)4/h13-15,24H,5-12H2,1-4H3,(H,26,27). The highest BCUT2D eigenvalue weighted by molar-refractivity contribution is 5.98. The van der Waals surface area contributed by atoms with Gasteiger partial charge in [0, 0.05) is 17.1 Å². The molecule has 2 rings (SSSR count). The van der Waals surface area contributed by atoms with E-state index in [-0.39, 0.29) is 6.42 Å². The lowest BCUT2D eigenvalue weighted by Crippen LogP contribution is -2.12. The predicted molar refractivity (Wildman–Crippen MR) is 112 cm³/mol. The van der Waals surface area contributed by atoms with E-state index in [0.29, 0.717) is 6.42 Å². The molecule has 0 atom stereocenters. The Balaban J connectivity index is 2.20. The molecule has 0 aliphatic carbocycles. The van der Waals surface area contributed by atoms with Crippen LogP contribution in [-0.4, -0.2) is 47.3 Å². The summed E-state index contributed by atoms with van der Waals surface area (Å²) in [5.41, 5.74) is 6.71. The zero-order valence-electron chi connectivity index (χ0n) is 17.1. The molecule has 2 heterocycles. The number of carboxylic acids is 1. The Bertz CT molecular complexity index is 739. The van der Waals surface area contributed by atoms with Gasteiger partial charge in [0.25, 0.3) is 0 Å². The summed E-state index contributed by atoms with van der Waals surface area (Å²) < 4.78 is 0. The predicted octanol–water partition coefficient (Wildman–Crippen LogP) is 4.46. The van der Waals surface area contributed by atoms with Crippen molar-refractivity contribution in [2.75, 3.05) is 20.6 Å². The maximum absolute atomic E-state index is 10.9. The molecule has 1 aromatic rings. The van der Waals surface area contributed by atoms with E-state index in [1.807, 2.05) is 6.92 Å². The average molecular weight is 372 g/mol. The molecule has 0 spiro atoms. The monoisotopic (exact) mass is 371 g/mol. The minimum atomic E-state index is -0.762. The van der Waals surface area contributed by atoms with Crippen molar-refractivity contribution in [2.24, 2.45) is 4.99 Å². The van der Waals surface area contributed by atoms with E-state index >= 15 is 0 Å². The maximum Gasteiger partial charge on any atom is 0.303 e. The van der Waals surface area contributed by atoms with E-state index in [4.69, 9.17) is 10.1 Å². The van der Waals surface area contributed by atoms with Gasteiger partial charge >= 0.3 is 5.97 Å². The fourth-order valence-corrected chi connectivity index (χ4v) is 3.32. The van der Waals surface area contributed by atoms with Crippen LogP contribution in [0.25, 0.3) is 6.08 Å². The van der Waals surface area contributed by atoms with Gasteiger partial charge in [-0.05, 0) is 89.0 Å². The van der Waals surface area contributed by atoms with Crippen molar-refractivity contribution in [2.45, 2.75) is 58.8 Å². The number of nitrogens with one attached hydrogen (secondary N) is 1. The van der Waals surface area contributed by atoms with Gasteiger partial charge in [0.15, 0.2) is 0 Å². The van der Waals surface area contributed by atoms with Gasteiger partial charge in [-0.1, -0.05) is 13.3 Å². The molecule has 2 N–H and O–H groups in total. The van der Waals surface area contributed by atoms with E-state index in [2.05, 4.69) is 49.1 Å². The fourth-order valence-electron chi connectivity index (χ4n) is 3.32. The minimum absolute atomic E-state index is 0.149. The topological polar surface area (TPSA) is 68.7 Å². The van der Waals surface area contributed by atoms with Gasteiger partial charge in [-0.2, -0.15) is 0 Å². The second-order valence-electron chi connectivity index (χ2n) is 7.59. The highest BCUT2D eigenvalue weighted by atomic mass is 16.4. The number of aliphatic carboxylic acids is 1. The average Bonchev–Trinajstić information content (AvgIpc) is 3.14. The summed E-state index contributed by atoms with van der Waals surface area (Å²) in [7, 11) is 4.19. The summed E-state index contributed by atoms with van der Waals surface area (Å²) in [6.07, 6.45) is 10.4. The Labute approximate surface area is 162 Å². The van der Waals surface area contributed by atoms with Gasteiger partial charge in [-0.25, -0.2) is 0 Å². The van der Waals surface area contributed by atoms with Crippen LogP contribution in [0.2, 0.25) is 0 Å². The maximum atomic E-state index is 10.9. The first kappa shape index (κ1) is 21.2. The summed E-state index contributed by atoms with van der Waals surface area (Å²) in [5, 5.41) is 8.95. The van der Waals surface area contributed by atoms with Gasteiger partial charge in [-0.3, -0.25) is 9.79 Å². The number of aromatic nitrogens is 1. The first-order valence-electron chi connectivity index (χ1n) is 9.94. The van der Waals surface area contributed by atoms with Crippen molar-refractivity contribution in [1.82, 2.24) is 9.88 Å². The summed E-state index contributed by atoms with van der Waals surface area (Å²) in [5.74, 6) is -0.762. The number of aryl methyl sites for hydroxylation is 2. The van der Waals surface area contributed by atoms with Gasteiger partial charge < -0.3 is 15.0 Å². The normalized spacial score (nSPS) is 15.5. The Morgan fingerprint density at radius 1 is 1.26 bits per heavy atom. The number of carbonyl (C=O) groups is 1. The first-order chi connectivity index (χ1) is 12.9. The molecule has 27 heavy (non-hydrogen) atoms. The number of unbranched alkanes of at least 4 members (excludes halogenated alkanes) is 1. The highest BCUT2D eigenvalue weighted by Gasteiger charge is 2.14. The number of hydrogen-bond donors (Lipinski definition) is 2. The number of aliphatic imine (C=N–C) groups is 1. The van der Waals surface area contributed by atoms with Crippen LogP contribution in [-0.2, 0) is 17.6 Å². The molecule has 0 saturated carbocycles. The number of aromatic amines is 1.